The van der Waals surface area contributed by atoms with E-state index in [1.165, 1.54) is 5.56 Å². The van der Waals surface area contributed by atoms with Crippen molar-refractivity contribution in [2.45, 2.75) is 12.8 Å². The molecule has 0 bridgehead atoms. The highest BCUT2D eigenvalue weighted by atomic mass is 16.2. The van der Waals surface area contributed by atoms with E-state index in [-0.39, 0.29) is 23.2 Å². The van der Waals surface area contributed by atoms with E-state index in [2.05, 4.69) is 27.8 Å². The van der Waals surface area contributed by atoms with Gasteiger partial charge >= 0.3 is 0 Å². The first-order valence-corrected chi connectivity index (χ1v) is 8.78. The third-order valence-corrected chi connectivity index (χ3v) is 3.83. The van der Waals surface area contributed by atoms with Gasteiger partial charge in [-0.25, -0.2) is 4.98 Å². The van der Waals surface area contributed by atoms with Crippen LogP contribution in [0.15, 0.2) is 48.5 Å². The number of likely N-dealkylation sites (N-methyl/N-ethyl adjacent to an activating group) is 1. The van der Waals surface area contributed by atoms with Crippen LogP contribution in [0, 0.1) is 0 Å². The summed E-state index contributed by atoms with van der Waals surface area (Å²) in [5, 5.41) is 5.65. The van der Waals surface area contributed by atoms with Gasteiger partial charge in [0, 0.05) is 19.6 Å². The van der Waals surface area contributed by atoms with Gasteiger partial charge in [-0.3, -0.25) is 9.59 Å². The Morgan fingerprint density at radius 2 is 1.50 bits per heavy atom. The summed E-state index contributed by atoms with van der Waals surface area (Å²) in [4.78, 5) is 30.5. The third kappa shape index (κ3) is 6.64. The molecule has 1 aromatic carbocycles. The first-order chi connectivity index (χ1) is 12.6. The van der Waals surface area contributed by atoms with E-state index in [0.717, 1.165) is 19.4 Å². The van der Waals surface area contributed by atoms with E-state index in [4.69, 9.17) is 0 Å². The first-order valence-electron chi connectivity index (χ1n) is 8.78. The van der Waals surface area contributed by atoms with Crippen LogP contribution in [-0.2, 0) is 6.42 Å². The van der Waals surface area contributed by atoms with Gasteiger partial charge in [0.25, 0.3) is 11.8 Å². The van der Waals surface area contributed by atoms with Crippen molar-refractivity contribution in [3.63, 3.8) is 0 Å². The summed E-state index contributed by atoms with van der Waals surface area (Å²) >= 11 is 0. The van der Waals surface area contributed by atoms with Crippen LogP contribution >= 0.6 is 0 Å². The van der Waals surface area contributed by atoms with Crippen LogP contribution in [0.5, 0.6) is 0 Å². The first kappa shape index (κ1) is 19.6. The number of hydrogen-bond acceptors (Lipinski definition) is 4. The molecule has 0 aliphatic rings. The maximum atomic E-state index is 12.2. The minimum Gasteiger partial charge on any atom is -0.351 e. The predicted octanol–water partition coefficient (Wildman–Crippen LogP) is 1.74. The molecule has 0 saturated heterocycles. The number of carbonyl (C=O) groups excluding carboxylic acids is 2. The second-order valence-corrected chi connectivity index (χ2v) is 6.31. The van der Waals surface area contributed by atoms with Crippen molar-refractivity contribution < 1.29 is 9.59 Å². The van der Waals surface area contributed by atoms with Gasteiger partial charge in [-0.05, 0) is 44.6 Å². The molecule has 0 atom stereocenters. The van der Waals surface area contributed by atoms with Gasteiger partial charge in [-0.15, -0.1) is 0 Å². The molecule has 6 heteroatoms. The van der Waals surface area contributed by atoms with Crippen LogP contribution in [0.4, 0.5) is 0 Å². The number of nitrogens with one attached hydrogen (secondary N) is 2. The van der Waals surface area contributed by atoms with Crippen molar-refractivity contribution in [2.75, 3.05) is 33.7 Å². The van der Waals surface area contributed by atoms with Gasteiger partial charge < -0.3 is 15.5 Å². The van der Waals surface area contributed by atoms with Crippen LogP contribution in [0.25, 0.3) is 0 Å². The van der Waals surface area contributed by atoms with Gasteiger partial charge in [-0.1, -0.05) is 36.4 Å². The fraction of sp³-hybridized carbons (Fsp3) is 0.350. The maximum absolute atomic E-state index is 12.2. The van der Waals surface area contributed by atoms with E-state index in [9.17, 15) is 9.59 Å². The van der Waals surface area contributed by atoms with Crippen molar-refractivity contribution in [3.05, 3.63) is 65.5 Å². The molecule has 0 saturated carbocycles. The normalized spacial score (nSPS) is 10.6. The highest BCUT2D eigenvalue weighted by Gasteiger charge is 2.11. The average molecular weight is 354 g/mol. The van der Waals surface area contributed by atoms with Crippen LogP contribution in [0.1, 0.15) is 33.0 Å². The van der Waals surface area contributed by atoms with Crippen LogP contribution in [0.2, 0.25) is 0 Å². The zero-order valence-electron chi connectivity index (χ0n) is 15.4. The molecule has 2 aromatic rings. The van der Waals surface area contributed by atoms with Crippen molar-refractivity contribution in [1.29, 1.82) is 0 Å². The molecular formula is C20H26N4O2. The molecule has 138 valence electrons. The highest BCUT2D eigenvalue weighted by molar-refractivity contribution is 5.96. The summed E-state index contributed by atoms with van der Waals surface area (Å²) in [6, 6.07) is 15.0. The summed E-state index contributed by atoms with van der Waals surface area (Å²) in [6.07, 6.45) is 1.75. The molecule has 0 spiro atoms. The number of nitrogens with zero attached hydrogens (tertiary/aromatic N) is 2. The summed E-state index contributed by atoms with van der Waals surface area (Å²) in [5.74, 6) is -0.536. The Labute approximate surface area is 154 Å². The van der Waals surface area contributed by atoms with E-state index < -0.39 is 0 Å². The SMILES string of the molecule is CN(C)CCNC(=O)c1cccc(C(=O)NCCCc2ccccc2)n1. The minimum atomic E-state index is -0.273. The minimum absolute atomic E-state index is 0.251. The Hall–Kier alpha value is -2.73. The van der Waals surface area contributed by atoms with Gasteiger partial charge in [0.15, 0.2) is 0 Å². The standard InChI is InChI=1S/C20H26N4O2/c1-24(2)15-14-22-20(26)18-12-6-11-17(23-18)19(25)21-13-7-10-16-8-4-3-5-9-16/h3-6,8-9,11-12H,7,10,13-15H2,1-2H3,(H,21,25)(H,22,26). The largest absolute Gasteiger partial charge is 0.351 e. The fourth-order valence-corrected chi connectivity index (χ4v) is 2.40. The van der Waals surface area contributed by atoms with E-state index in [0.29, 0.717) is 13.1 Å². The molecule has 0 radical (unpaired) electrons. The molecule has 0 unspecified atom stereocenters. The summed E-state index contributed by atoms with van der Waals surface area (Å²) in [6.45, 7) is 1.84. The molecule has 26 heavy (non-hydrogen) atoms. The highest BCUT2D eigenvalue weighted by Crippen LogP contribution is 2.03. The van der Waals surface area contributed by atoms with Crippen molar-refractivity contribution in [2.24, 2.45) is 0 Å². The van der Waals surface area contributed by atoms with Crippen molar-refractivity contribution >= 4 is 11.8 Å². The fourth-order valence-electron chi connectivity index (χ4n) is 2.40. The molecular weight excluding hydrogens is 328 g/mol. The van der Waals surface area contributed by atoms with Crippen molar-refractivity contribution in [1.82, 2.24) is 20.5 Å². The molecule has 2 rings (SSSR count). The zero-order chi connectivity index (χ0) is 18.8. The molecule has 6 nitrogen and oxygen atoms in total. The van der Waals surface area contributed by atoms with E-state index in [1.807, 2.05) is 37.2 Å². The van der Waals surface area contributed by atoms with E-state index >= 15 is 0 Å². The Bertz CT molecular complexity index is 717. The molecule has 0 aliphatic heterocycles. The van der Waals surface area contributed by atoms with Gasteiger partial charge in [0.05, 0.1) is 0 Å². The third-order valence-electron chi connectivity index (χ3n) is 3.83. The predicted molar refractivity (Wildman–Crippen MR) is 102 cm³/mol. The Kier molecular flexibility index (Phi) is 7.76. The zero-order valence-corrected chi connectivity index (χ0v) is 15.4. The Morgan fingerprint density at radius 3 is 2.12 bits per heavy atom. The molecule has 0 fully saturated rings. The van der Waals surface area contributed by atoms with Crippen molar-refractivity contribution in [3.8, 4) is 0 Å². The lowest BCUT2D eigenvalue weighted by molar-refractivity contribution is 0.0943. The molecule has 0 aliphatic carbocycles. The topological polar surface area (TPSA) is 74.3 Å². The lowest BCUT2D eigenvalue weighted by Crippen LogP contribution is -2.32. The number of hydrogen-bond donors (Lipinski definition) is 2. The molecule has 2 N–H and O–H groups in total. The smallest absolute Gasteiger partial charge is 0.269 e. The van der Waals surface area contributed by atoms with Gasteiger partial charge in [0.2, 0.25) is 0 Å². The number of aromatic nitrogens is 1. The van der Waals surface area contributed by atoms with Crippen LogP contribution in [-0.4, -0.2) is 55.4 Å². The number of pyridine rings is 1. The Morgan fingerprint density at radius 1 is 0.885 bits per heavy atom. The average Bonchev–Trinajstić information content (AvgIpc) is 2.65. The number of rotatable bonds is 9. The lowest BCUT2D eigenvalue weighted by atomic mass is 10.1. The summed E-state index contributed by atoms with van der Waals surface area (Å²) < 4.78 is 0. The molecule has 2 amide bonds. The lowest BCUT2D eigenvalue weighted by Gasteiger charge is -2.10. The quantitative estimate of drug-likeness (QED) is 0.673. The second-order valence-electron chi connectivity index (χ2n) is 6.31. The maximum Gasteiger partial charge on any atom is 0.269 e. The number of aryl methyl sites for hydroxylation is 1. The van der Waals surface area contributed by atoms with Gasteiger partial charge in [-0.2, -0.15) is 0 Å². The van der Waals surface area contributed by atoms with Crippen LogP contribution in [0.3, 0.4) is 0 Å². The van der Waals surface area contributed by atoms with Crippen LogP contribution < -0.4 is 10.6 Å². The van der Waals surface area contributed by atoms with E-state index in [1.54, 1.807) is 18.2 Å². The number of carbonyl (C=O) groups is 2. The second kappa shape index (κ2) is 10.3. The van der Waals surface area contributed by atoms with Gasteiger partial charge in [0.1, 0.15) is 11.4 Å². The Balaban J connectivity index is 1.80. The molecule has 1 aromatic heterocycles. The number of amides is 2. The molecule has 1 heterocycles. The monoisotopic (exact) mass is 354 g/mol. The summed E-state index contributed by atoms with van der Waals surface area (Å²) in [5.41, 5.74) is 1.75. The number of benzene rings is 1. The summed E-state index contributed by atoms with van der Waals surface area (Å²) in [7, 11) is 3.88.